The Kier molecular flexibility index (Phi) is 4.25. The maximum atomic E-state index is 4.86. The molecule has 1 aliphatic rings. The van der Waals surface area contributed by atoms with Gasteiger partial charge in [-0.15, -0.1) is 6.58 Å². The number of anilines is 1. The van der Waals surface area contributed by atoms with E-state index in [9.17, 15) is 0 Å². The summed E-state index contributed by atoms with van der Waals surface area (Å²) in [6.07, 6.45) is 5.19. The van der Waals surface area contributed by atoms with Gasteiger partial charge >= 0.3 is 0 Å². The molecule has 4 aromatic rings. The van der Waals surface area contributed by atoms with Crippen molar-refractivity contribution < 1.29 is 0 Å². The summed E-state index contributed by atoms with van der Waals surface area (Å²) in [6, 6.07) is 8.29. The lowest BCUT2D eigenvalue weighted by Crippen LogP contribution is -2.46. The van der Waals surface area contributed by atoms with Crippen LogP contribution in [0.15, 0.2) is 49.6 Å². The van der Waals surface area contributed by atoms with Gasteiger partial charge in [-0.2, -0.15) is 0 Å². The van der Waals surface area contributed by atoms with Crippen LogP contribution in [-0.2, 0) is 13.1 Å². The number of nitrogens with zero attached hydrogens (tertiary/aromatic N) is 7. The molecule has 28 heavy (non-hydrogen) atoms. The van der Waals surface area contributed by atoms with Gasteiger partial charge in [0, 0.05) is 32.7 Å². The van der Waals surface area contributed by atoms with Gasteiger partial charge in [0.1, 0.15) is 17.7 Å². The van der Waals surface area contributed by atoms with Crippen LogP contribution in [0.5, 0.6) is 0 Å². The van der Waals surface area contributed by atoms with Gasteiger partial charge in [-0.05, 0) is 12.1 Å². The summed E-state index contributed by atoms with van der Waals surface area (Å²) in [4.78, 5) is 25.7. The highest BCUT2D eigenvalue weighted by Gasteiger charge is 2.22. The zero-order valence-electron chi connectivity index (χ0n) is 15.6. The molecule has 1 aromatic carbocycles. The Bertz CT molecular complexity index is 1120. The van der Waals surface area contributed by atoms with E-state index >= 15 is 0 Å². The van der Waals surface area contributed by atoms with Crippen molar-refractivity contribution in [2.45, 2.75) is 13.1 Å². The second kappa shape index (κ2) is 7.05. The third-order valence-corrected chi connectivity index (χ3v) is 5.29. The summed E-state index contributed by atoms with van der Waals surface area (Å²) < 4.78 is 2.26. The first kappa shape index (κ1) is 16.9. The van der Waals surface area contributed by atoms with Gasteiger partial charge in [-0.1, -0.05) is 18.2 Å². The first-order valence-electron chi connectivity index (χ1n) is 9.50. The van der Waals surface area contributed by atoms with E-state index in [2.05, 4.69) is 59.1 Å². The minimum Gasteiger partial charge on any atom is -0.352 e. The molecule has 0 saturated carbocycles. The minimum absolute atomic E-state index is 0.713. The number of H-pyrrole nitrogens is 1. The number of nitrogens with one attached hydrogen (secondary N) is 1. The first-order chi connectivity index (χ1) is 13.8. The van der Waals surface area contributed by atoms with E-state index in [1.54, 1.807) is 12.7 Å². The van der Waals surface area contributed by atoms with Gasteiger partial charge in [0.2, 0.25) is 0 Å². The predicted molar refractivity (Wildman–Crippen MR) is 109 cm³/mol. The standard InChI is InChI=1S/C20H22N8/c1-2-7-28-16-6-4-3-5-15(16)25-17(28)12-26-8-10-27(11-9-26)20-18-19(22-13-21-18)23-14-24-20/h2-6,13-14H,1,7-12H2,(H,21,22,23,24). The Balaban J connectivity index is 1.33. The van der Waals surface area contributed by atoms with Gasteiger partial charge in [0.25, 0.3) is 0 Å². The molecular formula is C20H22N8. The highest BCUT2D eigenvalue weighted by atomic mass is 15.3. The number of hydrogen-bond acceptors (Lipinski definition) is 6. The summed E-state index contributed by atoms with van der Waals surface area (Å²) in [7, 11) is 0. The van der Waals surface area contributed by atoms with E-state index in [4.69, 9.17) is 4.98 Å². The van der Waals surface area contributed by atoms with Crippen LogP contribution in [0.1, 0.15) is 5.82 Å². The number of aromatic nitrogens is 6. The second-order valence-corrected chi connectivity index (χ2v) is 6.98. The lowest BCUT2D eigenvalue weighted by Gasteiger charge is -2.35. The fraction of sp³-hybridized carbons (Fsp3) is 0.300. The molecule has 1 fully saturated rings. The Labute approximate surface area is 162 Å². The SMILES string of the molecule is C=CCn1c(CN2CCN(c3ncnc4nc[nH]c34)CC2)nc2ccccc21. The van der Waals surface area contributed by atoms with Crippen molar-refractivity contribution >= 4 is 28.0 Å². The van der Waals surface area contributed by atoms with E-state index in [0.717, 1.165) is 61.9 Å². The first-order valence-corrected chi connectivity index (χ1v) is 9.50. The van der Waals surface area contributed by atoms with Crippen molar-refractivity contribution in [2.75, 3.05) is 31.1 Å². The lowest BCUT2D eigenvalue weighted by atomic mass is 10.3. The molecule has 0 radical (unpaired) electrons. The maximum absolute atomic E-state index is 4.86. The number of hydrogen-bond donors (Lipinski definition) is 1. The maximum Gasteiger partial charge on any atom is 0.182 e. The molecule has 0 bridgehead atoms. The number of allylic oxidation sites excluding steroid dienone is 1. The molecule has 1 N–H and O–H groups in total. The van der Waals surface area contributed by atoms with Crippen LogP contribution < -0.4 is 4.90 Å². The quantitative estimate of drug-likeness (QED) is 0.540. The normalized spacial score (nSPS) is 15.5. The van der Waals surface area contributed by atoms with Crippen LogP contribution in [-0.4, -0.2) is 60.6 Å². The van der Waals surface area contributed by atoms with Crippen molar-refractivity contribution in [3.63, 3.8) is 0 Å². The monoisotopic (exact) mass is 374 g/mol. The average Bonchev–Trinajstić information content (AvgIpc) is 3.34. The fourth-order valence-corrected chi connectivity index (χ4v) is 3.89. The third kappa shape index (κ3) is 2.91. The molecule has 5 rings (SSSR count). The molecule has 8 heteroatoms. The lowest BCUT2D eigenvalue weighted by molar-refractivity contribution is 0.241. The van der Waals surface area contributed by atoms with Crippen molar-refractivity contribution in [3.8, 4) is 0 Å². The Morgan fingerprint density at radius 3 is 2.79 bits per heavy atom. The average molecular weight is 374 g/mol. The highest BCUT2D eigenvalue weighted by Crippen LogP contribution is 2.22. The van der Waals surface area contributed by atoms with Crippen molar-refractivity contribution in [1.82, 2.24) is 34.4 Å². The van der Waals surface area contributed by atoms with Crippen LogP contribution in [0, 0.1) is 0 Å². The molecule has 0 amide bonds. The Morgan fingerprint density at radius 2 is 1.93 bits per heavy atom. The number of fused-ring (bicyclic) bond motifs is 2. The number of benzene rings is 1. The Hall–Kier alpha value is -3.26. The van der Waals surface area contributed by atoms with E-state index < -0.39 is 0 Å². The zero-order chi connectivity index (χ0) is 18.9. The zero-order valence-corrected chi connectivity index (χ0v) is 15.6. The molecule has 1 aliphatic heterocycles. The van der Waals surface area contributed by atoms with E-state index in [1.807, 2.05) is 12.1 Å². The smallest absolute Gasteiger partial charge is 0.182 e. The summed E-state index contributed by atoms with van der Waals surface area (Å²) >= 11 is 0. The van der Waals surface area contributed by atoms with Gasteiger partial charge in [-0.25, -0.2) is 19.9 Å². The molecule has 0 aliphatic carbocycles. The number of rotatable bonds is 5. The van der Waals surface area contributed by atoms with Crippen molar-refractivity contribution in [1.29, 1.82) is 0 Å². The molecule has 142 valence electrons. The largest absolute Gasteiger partial charge is 0.352 e. The number of imidazole rings is 2. The summed E-state index contributed by atoms with van der Waals surface area (Å²) in [6.45, 7) is 9.24. The van der Waals surface area contributed by atoms with Crippen LogP contribution >= 0.6 is 0 Å². The summed E-state index contributed by atoms with van der Waals surface area (Å²) in [5, 5.41) is 0. The minimum atomic E-state index is 0.713. The van der Waals surface area contributed by atoms with Crippen molar-refractivity contribution in [2.24, 2.45) is 0 Å². The van der Waals surface area contributed by atoms with Crippen LogP contribution in [0.4, 0.5) is 5.82 Å². The number of aromatic amines is 1. The van der Waals surface area contributed by atoms with Gasteiger partial charge in [0.05, 0.1) is 23.9 Å². The summed E-state index contributed by atoms with van der Waals surface area (Å²) in [5.41, 5.74) is 3.83. The van der Waals surface area contributed by atoms with E-state index in [0.29, 0.717) is 5.65 Å². The topological polar surface area (TPSA) is 78.8 Å². The highest BCUT2D eigenvalue weighted by molar-refractivity contribution is 5.82. The molecule has 8 nitrogen and oxygen atoms in total. The van der Waals surface area contributed by atoms with E-state index in [1.165, 1.54) is 5.52 Å². The molecule has 1 saturated heterocycles. The van der Waals surface area contributed by atoms with Crippen LogP contribution in [0.25, 0.3) is 22.2 Å². The molecule has 4 heterocycles. The van der Waals surface area contributed by atoms with Crippen molar-refractivity contribution in [3.05, 3.63) is 55.4 Å². The molecule has 0 atom stereocenters. The molecule has 0 unspecified atom stereocenters. The van der Waals surface area contributed by atoms with Gasteiger partial charge in [0.15, 0.2) is 11.5 Å². The predicted octanol–water partition coefficient (Wildman–Crippen LogP) is 2.21. The summed E-state index contributed by atoms with van der Waals surface area (Å²) in [5.74, 6) is 2.02. The van der Waals surface area contributed by atoms with Gasteiger partial charge in [-0.3, -0.25) is 4.90 Å². The third-order valence-electron chi connectivity index (χ3n) is 5.29. The molecular weight excluding hydrogens is 352 g/mol. The van der Waals surface area contributed by atoms with E-state index in [-0.39, 0.29) is 0 Å². The molecule has 3 aromatic heterocycles. The van der Waals surface area contributed by atoms with Crippen LogP contribution in [0.2, 0.25) is 0 Å². The fourth-order valence-electron chi connectivity index (χ4n) is 3.89. The van der Waals surface area contributed by atoms with Crippen LogP contribution in [0.3, 0.4) is 0 Å². The number of piperazine rings is 1. The molecule has 0 spiro atoms. The van der Waals surface area contributed by atoms with Gasteiger partial charge < -0.3 is 14.5 Å². The Morgan fingerprint density at radius 1 is 1.07 bits per heavy atom. The number of para-hydroxylation sites is 2. The second-order valence-electron chi connectivity index (χ2n) is 6.98.